The largest absolute Gasteiger partial charge is 0.484 e. The Morgan fingerprint density at radius 1 is 1.43 bits per heavy atom. The molecule has 1 amide bonds. The van der Waals surface area contributed by atoms with Crippen molar-refractivity contribution in [3.8, 4) is 5.75 Å². The Kier molecular flexibility index (Phi) is 4.86. The van der Waals surface area contributed by atoms with Crippen LogP contribution >= 0.6 is 0 Å². The first-order valence-corrected chi connectivity index (χ1v) is 6.60. The number of nitrogens with one attached hydrogen (secondary N) is 1. The highest BCUT2D eigenvalue weighted by Gasteiger charge is 2.08. The van der Waals surface area contributed by atoms with E-state index < -0.39 is 5.82 Å². The summed E-state index contributed by atoms with van der Waals surface area (Å²) >= 11 is 0. The van der Waals surface area contributed by atoms with Gasteiger partial charge < -0.3 is 10.1 Å². The molecule has 0 bridgehead atoms. The number of benzene rings is 1. The Bertz CT molecular complexity index is 613. The molecule has 1 aromatic heterocycles. The van der Waals surface area contributed by atoms with E-state index in [0.29, 0.717) is 5.69 Å². The molecule has 0 radical (unpaired) electrons. The van der Waals surface area contributed by atoms with Crippen LogP contribution in [0.2, 0.25) is 0 Å². The van der Waals surface area contributed by atoms with E-state index in [2.05, 4.69) is 15.6 Å². The molecule has 7 heteroatoms. The molecular formula is C14H17FN4O2. The quantitative estimate of drug-likeness (QED) is 0.876. The van der Waals surface area contributed by atoms with Crippen LogP contribution in [0.25, 0.3) is 0 Å². The minimum atomic E-state index is -0.429. The number of para-hydroxylation sites is 1. The zero-order valence-electron chi connectivity index (χ0n) is 11.9. The highest BCUT2D eigenvalue weighted by atomic mass is 19.1. The average molecular weight is 292 g/mol. The first-order chi connectivity index (χ1) is 10.0. The van der Waals surface area contributed by atoms with Gasteiger partial charge in [-0.25, -0.2) is 9.07 Å². The Hall–Kier alpha value is -2.44. The second-order valence-corrected chi connectivity index (χ2v) is 4.85. The molecular weight excluding hydrogens is 275 g/mol. The summed E-state index contributed by atoms with van der Waals surface area (Å²) in [5.74, 6) is -0.415. The van der Waals surface area contributed by atoms with Gasteiger partial charge >= 0.3 is 0 Å². The molecule has 0 atom stereocenters. The molecule has 2 aromatic rings. The number of halogens is 1. The van der Waals surface area contributed by atoms with Crippen LogP contribution in [0, 0.1) is 5.82 Å². The van der Waals surface area contributed by atoms with E-state index in [1.165, 1.54) is 16.8 Å². The van der Waals surface area contributed by atoms with Crippen molar-refractivity contribution in [1.29, 1.82) is 0 Å². The number of carbonyl (C=O) groups is 1. The van der Waals surface area contributed by atoms with Gasteiger partial charge in [-0.3, -0.25) is 4.79 Å². The number of amides is 1. The Morgan fingerprint density at radius 2 is 2.19 bits per heavy atom. The number of hydrogen-bond donors (Lipinski definition) is 1. The van der Waals surface area contributed by atoms with Gasteiger partial charge in [-0.15, -0.1) is 5.10 Å². The van der Waals surface area contributed by atoms with E-state index in [9.17, 15) is 9.18 Å². The van der Waals surface area contributed by atoms with E-state index in [-0.39, 0.29) is 30.9 Å². The van der Waals surface area contributed by atoms with Gasteiger partial charge in [0.25, 0.3) is 0 Å². The van der Waals surface area contributed by atoms with E-state index in [0.717, 1.165) is 0 Å². The molecule has 1 aromatic carbocycles. The monoisotopic (exact) mass is 292 g/mol. The molecule has 112 valence electrons. The maximum absolute atomic E-state index is 13.4. The third-order valence-corrected chi connectivity index (χ3v) is 2.55. The number of rotatable bonds is 6. The topological polar surface area (TPSA) is 69.0 Å². The van der Waals surface area contributed by atoms with Gasteiger partial charge in [0.15, 0.2) is 11.6 Å². The highest BCUT2D eigenvalue weighted by molar-refractivity contribution is 5.75. The molecule has 0 aliphatic rings. The zero-order valence-corrected chi connectivity index (χ0v) is 11.9. The molecule has 1 N–H and O–H groups in total. The van der Waals surface area contributed by atoms with Gasteiger partial charge in [-0.2, -0.15) is 0 Å². The summed E-state index contributed by atoms with van der Waals surface area (Å²) in [5, 5.41) is 10.5. The maximum atomic E-state index is 13.4. The third-order valence-electron chi connectivity index (χ3n) is 2.55. The Labute approximate surface area is 121 Å². The lowest BCUT2D eigenvalue weighted by molar-refractivity contribution is -0.122. The number of nitrogens with zero attached hydrogens (tertiary/aromatic N) is 3. The Morgan fingerprint density at radius 3 is 2.90 bits per heavy atom. The molecule has 6 nitrogen and oxygen atoms in total. The van der Waals surface area contributed by atoms with Crippen molar-refractivity contribution in [2.75, 3.05) is 0 Å². The van der Waals surface area contributed by atoms with Crippen LogP contribution in [0.5, 0.6) is 5.75 Å². The van der Waals surface area contributed by atoms with Crippen molar-refractivity contribution in [2.24, 2.45) is 0 Å². The van der Waals surface area contributed by atoms with E-state index >= 15 is 0 Å². The molecule has 0 saturated heterocycles. The van der Waals surface area contributed by atoms with Gasteiger partial charge in [-0.05, 0) is 26.0 Å². The summed E-state index contributed by atoms with van der Waals surface area (Å²) < 4.78 is 20.1. The van der Waals surface area contributed by atoms with Crippen molar-refractivity contribution in [3.63, 3.8) is 0 Å². The van der Waals surface area contributed by atoms with Crippen molar-refractivity contribution < 1.29 is 13.9 Å². The predicted octanol–water partition coefficient (Wildman–Crippen LogP) is 1.52. The minimum Gasteiger partial charge on any atom is -0.484 e. The van der Waals surface area contributed by atoms with Gasteiger partial charge in [0.05, 0.1) is 6.20 Å². The fourth-order valence-corrected chi connectivity index (χ4v) is 1.71. The zero-order chi connectivity index (χ0) is 15.2. The summed E-state index contributed by atoms with van der Waals surface area (Å²) in [5.41, 5.74) is 0.524. The Balaban J connectivity index is 1.89. The SMILES string of the molecule is CC(C)NC(=O)Cn1cc(COc2ccccc2F)nn1. The van der Waals surface area contributed by atoms with Gasteiger partial charge in [-0.1, -0.05) is 17.3 Å². The lowest BCUT2D eigenvalue weighted by Crippen LogP contribution is -2.33. The van der Waals surface area contributed by atoms with E-state index in [1.807, 2.05) is 13.8 Å². The maximum Gasteiger partial charge on any atom is 0.241 e. The lowest BCUT2D eigenvalue weighted by Gasteiger charge is -2.07. The molecule has 0 saturated carbocycles. The second kappa shape index (κ2) is 6.83. The summed E-state index contributed by atoms with van der Waals surface area (Å²) in [6.45, 7) is 3.94. The molecule has 0 aliphatic heterocycles. The molecule has 0 fully saturated rings. The molecule has 2 rings (SSSR count). The van der Waals surface area contributed by atoms with Crippen LogP contribution < -0.4 is 10.1 Å². The molecule has 1 heterocycles. The molecule has 0 unspecified atom stereocenters. The lowest BCUT2D eigenvalue weighted by atomic mass is 10.3. The first kappa shape index (κ1) is 15.0. The van der Waals surface area contributed by atoms with Crippen molar-refractivity contribution in [3.05, 3.63) is 42.0 Å². The number of aromatic nitrogens is 3. The van der Waals surface area contributed by atoms with E-state index in [1.54, 1.807) is 18.3 Å². The van der Waals surface area contributed by atoms with Crippen LogP contribution in [-0.2, 0) is 17.9 Å². The summed E-state index contributed by atoms with van der Waals surface area (Å²) in [6.07, 6.45) is 1.60. The van der Waals surface area contributed by atoms with Gasteiger partial charge in [0, 0.05) is 6.04 Å². The van der Waals surface area contributed by atoms with Crippen molar-refractivity contribution in [1.82, 2.24) is 20.3 Å². The minimum absolute atomic E-state index is 0.0740. The van der Waals surface area contributed by atoms with Crippen LogP contribution in [0.3, 0.4) is 0 Å². The summed E-state index contributed by atoms with van der Waals surface area (Å²) in [4.78, 5) is 11.6. The summed E-state index contributed by atoms with van der Waals surface area (Å²) in [7, 11) is 0. The average Bonchev–Trinajstić information content (AvgIpc) is 2.84. The first-order valence-electron chi connectivity index (χ1n) is 6.60. The number of carbonyl (C=O) groups excluding carboxylic acids is 1. The van der Waals surface area contributed by atoms with Crippen LogP contribution in [0.15, 0.2) is 30.5 Å². The van der Waals surface area contributed by atoms with Gasteiger partial charge in [0.2, 0.25) is 5.91 Å². The molecule has 0 aliphatic carbocycles. The van der Waals surface area contributed by atoms with Crippen LogP contribution in [0.1, 0.15) is 19.5 Å². The third kappa shape index (κ3) is 4.55. The fourth-order valence-electron chi connectivity index (χ4n) is 1.71. The molecule has 0 spiro atoms. The van der Waals surface area contributed by atoms with Crippen LogP contribution in [0.4, 0.5) is 4.39 Å². The standard InChI is InChI=1S/C14H17FN4O2/c1-10(2)16-14(20)8-19-7-11(17-18-19)9-21-13-6-4-3-5-12(13)15/h3-7,10H,8-9H2,1-2H3,(H,16,20). The summed E-state index contributed by atoms with van der Waals surface area (Å²) in [6, 6.07) is 6.21. The van der Waals surface area contributed by atoms with Crippen molar-refractivity contribution >= 4 is 5.91 Å². The number of hydrogen-bond acceptors (Lipinski definition) is 4. The highest BCUT2D eigenvalue weighted by Crippen LogP contribution is 2.16. The smallest absolute Gasteiger partial charge is 0.241 e. The molecule has 21 heavy (non-hydrogen) atoms. The fraction of sp³-hybridized carbons (Fsp3) is 0.357. The van der Waals surface area contributed by atoms with E-state index in [4.69, 9.17) is 4.74 Å². The van der Waals surface area contributed by atoms with Gasteiger partial charge in [0.1, 0.15) is 18.8 Å². The van der Waals surface area contributed by atoms with Crippen LogP contribution in [-0.4, -0.2) is 26.9 Å². The normalized spacial score (nSPS) is 10.7. The predicted molar refractivity (Wildman–Crippen MR) is 74.0 cm³/mol. The second-order valence-electron chi connectivity index (χ2n) is 4.85. The number of ether oxygens (including phenoxy) is 1. The van der Waals surface area contributed by atoms with Crippen molar-refractivity contribution in [2.45, 2.75) is 33.0 Å².